The predicted molar refractivity (Wildman–Crippen MR) is 98.1 cm³/mol. The maximum Gasteiger partial charge on any atom is 0.278 e. The summed E-state index contributed by atoms with van der Waals surface area (Å²) in [5.41, 5.74) is 2.43. The van der Waals surface area contributed by atoms with Crippen molar-refractivity contribution in [3.8, 4) is 0 Å². The zero-order valence-electron chi connectivity index (χ0n) is 13.4. The lowest BCUT2D eigenvalue weighted by atomic mass is 10.1. The summed E-state index contributed by atoms with van der Waals surface area (Å²) in [4.78, 5) is 27.6. The van der Waals surface area contributed by atoms with E-state index in [0.29, 0.717) is 22.8 Å². The topological polar surface area (TPSA) is 49.4 Å². The molecular formula is C18H17ClN2O2S. The molecular weight excluding hydrogens is 344 g/mol. The van der Waals surface area contributed by atoms with Crippen LogP contribution in [0.1, 0.15) is 23.8 Å². The van der Waals surface area contributed by atoms with E-state index in [4.69, 9.17) is 11.6 Å². The molecule has 1 aromatic carbocycles. The number of halogens is 1. The van der Waals surface area contributed by atoms with Crippen molar-refractivity contribution in [3.05, 3.63) is 56.9 Å². The number of aryl methyl sites for hydroxylation is 1. The SMILES string of the molecule is CCCN1C(=O)C(Nc2cc(Cl)ccc2C)=C(c2cccs2)C1=O. The third-order valence-corrected chi connectivity index (χ3v) is 4.96. The van der Waals surface area contributed by atoms with Gasteiger partial charge in [0.05, 0.1) is 5.57 Å². The number of thiophene rings is 1. The van der Waals surface area contributed by atoms with Gasteiger partial charge in [0, 0.05) is 22.1 Å². The smallest absolute Gasteiger partial charge is 0.278 e. The number of anilines is 1. The molecule has 3 rings (SSSR count). The van der Waals surface area contributed by atoms with Crippen LogP contribution < -0.4 is 5.32 Å². The van der Waals surface area contributed by atoms with Crippen LogP contribution in [-0.2, 0) is 9.59 Å². The zero-order valence-corrected chi connectivity index (χ0v) is 15.0. The van der Waals surface area contributed by atoms with E-state index in [-0.39, 0.29) is 11.8 Å². The molecule has 0 spiro atoms. The van der Waals surface area contributed by atoms with Crippen molar-refractivity contribution in [1.82, 2.24) is 4.90 Å². The summed E-state index contributed by atoms with van der Waals surface area (Å²) in [5.74, 6) is -0.531. The van der Waals surface area contributed by atoms with Crippen LogP contribution in [0.25, 0.3) is 5.57 Å². The summed E-state index contributed by atoms with van der Waals surface area (Å²) in [6, 6.07) is 9.15. The summed E-state index contributed by atoms with van der Waals surface area (Å²) >= 11 is 7.51. The van der Waals surface area contributed by atoms with Gasteiger partial charge in [-0.2, -0.15) is 0 Å². The van der Waals surface area contributed by atoms with Crippen LogP contribution in [0.15, 0.2) is 41.4 Å². The lowest BCUT2D eigenvalue weighted by molar-refractivity contribution is -0.136. The molecule has 4 nitrogen and oxygen atoms in total. The number of nitrogens with zero attached hydrogens (tertiary/aromatic N) is 1. The van der Waals surface area contributed by atoms with Crippen LogP contribution in [0.4, 0.5) is 5.69 Å². The molecule has 0 unspecified atom stereocenters. The number of amides is 2. The molecule has 0 fully saturated rings. The van der Waals surface area contributed by atoms with Crippen LogP contribution in [-0.4, -0.2) is 23.3 Å². The van der Waals surface area contributed by atoms with Crippen molar-refractivity contribution in [2.45, 2.75) is 20.3 Å². The van der Waals surface area contributed by atoms with Gasteiger partial charge >= 0.3 is 0 Å². The Morgan fingerprint density at radius 3 is 2.67 bits per heavy atom. The van der Waals surface area contributed by atoms with E-state index >= 15 is 0 Å². The van der Waals surface area contributed by atoms with Crippen LogP contribution in [0, 0.1) is 6.92 Å². The van der Waals surface area contributed by atoms with Crippen LogP contribution in [0.2, 0.25) is 5.02 Å². The van der Waals surface area contributed by atoms with Crippen LogP contribution >= 0.6 is 22.9 Å². The van der Waals surface area contributed by atoms with Crippen molar-refractivity contribution in [1.29, 1.82) is 0 Å². The molecule has 0 radical (unpaired) electrons. The van der Waals surface area contributed by atoms with Gasteiger partial charge in [-0.1, -0.05) is 30.7 Å². The standard InChI is InChI=1S/C18H17ClN2O2S/c1-3-8-21-17(22)15(14-5-4-9-24-14)16(18(21)23)20-13-10-12(19)7-6-11(13)2/h4-7,9-10,20H,3,8H2,1-2H3. The molecule has 1 aliphatic heterocycles. The molecule has 0 saturated carbocycles. The van der Waals surface area contributed by atoms with E-state index in [9.17, 15) is 9.59 Å². The highest BCUT2D eigenvalue weighted by Gasteiger charge is 2.39. The molecule has 1 N–H and O–H groups in total. The van der Waals surface area contributed by atoms with E-state index in [1.807, 2.05) is 37.4 Å². The Morgan fingerprint density at radius 2 is 2.00 bits per heavy atom. The van der Waals surface area contributed by atoms with E-state index in [2.05, 4.69) is 5.32 Å². The Bertz CT molecular complexity index is 828. The summed E-state index contributed by atoms with van der Waals surface area (Å²) in [6.45, 7) is 4.28. The normalized spacial score (nSPS) is 14.7. The molecule has 2 aromatic rings. The summed E-state index contributed by atoms with van der Waals surface area (Å²) in [5, 5.41) is 5.61. The number of carbonyl (C=O) groups excluding carboxylic acids is 2. The van der Waals surface area contributed by atoms with Crippen LogP contribution in [0.3, 0.4) is 0 Å². The first-order chi connectivity index (χ1) is 11.5. The number of benzene rings is 1. The maximum atomic E-state index is 12.8. The van der Waals surface area contributed by atoms with E-state index in [0.717, 1.165) is 22.5 Å². The third-order valence-electron chi connectivity index (χ3n) is 3.84. The molecule has 0 aliphatic carbocycles. The fourth-order valence-corrected chi connectivity index (χ4v) is 3.57. The van der Waals surface area contributed by atoms with E-state index in [1.54, 1.807) is 12.1 Å². The van der Waals surface area contributed by atoms with Crippen LogP contribution in [0.5, 0.6) is 0 Å². The molecule has 0 bridgehead atoms. The van der Waals surface area contributed by atoms with Crippen molar-refractivity contribution in [2.75, 3.05) is 11.9 Å². The molecule has 124 valence electrons. The first kappa shape index (κ1) is 16.7. The van der Waals surface area contributed by atoms with Gasteiger partial charge in [-0.25, -0.2) is 0 Å². The van der Waals surface area contributed by atoms with Crippen molar-refractivity contribution in [2.24, 2.45) is 0 Å². The molecule has 2 amide bonds. The van der Waals surface area contributed by atoms with Gasteiger partial charge in [-0.15, -0.1) is 11.3 Å². The van der Waals surface area contributed by atoms with Crippen molar-refractivity contribution in [3.63, 3.8) is 0 Å². The summed E-state index contributed by atoms with van der Waals surface area (Å²) < 4.78 is 0. The minimum Gasteiger partial charge on any atom is -0.350 e. The minimum absolute atomic E-state index is 0.244. The summed E-state index contributed by atoms with van der Waals surface area (Å²) in [7, 11) is 0. The molecule has 1 aromatic heterocycles. The third kappa shape index (κ3) is 2.97. The van der Waals surface area contributed by atoms with Gasteiger partial charge in [0.15, 0.2) is 0 Å². The van der Waals surface area contributed by atoms with Gasteiger partial charge in [0.1, 0.15) is 5.70 Å². The quantitative estimate of drug-likeness (QED) is 0.808. The van der Waals surface area contributed by atoms with E-state index in [1.165, 1.54) is 16.2 Å². The monoisotopic (exact) mass is 360 g/mol. The number of imide groups is 1. The van der Waals surface area contributed by atoms with E-state index < -0.39 is 0 Å². The van der Waals surface area contributed by atoms with Gasteiger partial charge in [-0.05, 0) is 42.5 Å². The Hall–Kier alpha value is -2.11. The molecule has 24 heavy (non-hydrogen) atoms. The Balaban J connectivity index is 2.07. The predicted octanol–water partition coefficient (Wildman–Crippen LogP) is 4.31. The average molecular weight is 361 g/mol. The maximum absolute atomic E-state index is 12.8. The lowest BCUT2D eigenvalue weighted by Gasteiger charge is -2.14. The van der Waals surface area contributed by atoms with Gasteiger partial charge in [-0.3, -0.25) is 14.5 Å². The fourth-order valence-electron chi connectivity index (χ4n) is 2.63. The number of nitrogens with one attached hydrogen (secondary N) is 1. The second-order valence-corrected chi connectivity index (χ2v) is 6.96. The summed E-state index contributed by atoms with van der Waals surface area (Å²) in [6.07, 6.45) is 0.721. The minimum atomic E-state index is -0.287. The second kappa shape index (κ2) is 6.79. The number of carbonyl (C=O) groups is 2. The fraction of sp³-hybridized carbons (Fsp3) is 0.222. The first-order valence-electron chi connectivity index (χ1n) is 7.70. The zero-order chi connectivity index (χ0) is 17.3. The number of hydrogen-bond acceptors (Lipinski definition) is 4. The molecule has 1 aliphatic rings. The lowest BCUT2D eigenvalue weighted by Crippen LogP contribution is -2.33. The Kier molecular flexibility index (Phi) is 4.73. The molecule has 0 saturated heterocycles. The highest BCUT2D eigenvalue weighted by atomic mass is 35.5. The van der Waals surface area contributed by atoms with Crippen molar-refractivity contribution < 1.29 is 9.59 Å². The largest absolute Gasteiger partial charge is 0.350 e. The average Bonchev–Trinajstić information content (AvgIpc) is 3.14. The Morgan fingerprint density at radius 1 is 1.21 bits per heavy atom. The molecule has 2 heterocycles. The Labute approximate surface area is 149 Å². The number of rotatable bonds is 5. The molecule has 6 heteroatoms. The van der Waals surface area contributed by atoms with Gasteiger partial charge < -0.3 is 5.32 Å². The number of hydrogen-bond donors (Lipinski definition) is 1. The van der Waals surface area contributed by atoms with Gasteiger partial charge in [0.2, 0.25) is 0 Å². The highest BCUT2D eigenvalue weighted by Crippen LogP contribution is 2.33. The second-order valence-electron chi connectivity index (χ2n) is 5.57. The van der Waals surface area contributed by atoms with Crippen molar-refractivity contribution >= 4 is 46.0 Å². The molecule has 0 atom stereocenters. The van der Waals surface area contributed by atoms with Gasteiger partial charge in [0.25, 0.3) is 11.8 Å². The highest BCUT2D eigenvalue weighted by molar-refractivity contribution is 7.11. The first-order valence-corrected chi connectivity index (χ1v) is 8.96.